The fraction of sp³-hybridized carbons (Fsp3) is 0.577. The van der Waals surface area contributed by atoms with Crippen LogP contribution in [0.1, 0.15) is 95.1 Å². The summed E-state index contributed by atoms with van der Waals surface area (Å²) >= 11 is 0. The lowest BCUT2D eigenvalue weighted by atomic mass is 9.77. The predicted octanol–water partition coefficient (Wildman–Crippen LogP) is 8.08. The molecule has 2 aromatic rings. The minimum atomic E-state index is -0.148. The first-order chi connectivity index (χ1) is 13.7. The molecule has 0 bridgehead atoms. The molecule has 0 spiro atoms. The van der Waals surface area contributed by atoms with E-state index in [1.807, 2.05) is 18.3 Å². The van der Waals surface area contributed by atoms with Crippen LogP contribution < -0.4 is 0 Å². The molecule has 1 aromatic heterocycles. The van der Waals surface area contributed by atoms with Gasteiger partial charge in [0.25, 0.3) is 0 Å². The summed E-state index contributed by atoms with van der Waals surface area (Å²) in [6, 6.07) is 9.83. The monoisotopic (exact) mass is 381 g/mol. The largest absolute Gasteiger partial charge is 0.256 e. The molecule has 0 unspecified atom stereocenters. The number of rotatable bonds is 9. The minimum Gasteiger partial charge on any atom is -0.256 e. The van der Waals surface area contributed by atoms with E-state index >= 15 is 0 Å². The van der Waals surface area contributed by atoms with Crippen LogP contribution in [0.2, 0.25) is 0 Å². The van der Waals surface area contributed by atoms with E-state index in [9.17, 15) is 4.39 Å². The van der Waals surface area contributed by atoms with E-state index in [-0.39, 0.29) is 5.82 Å². The van der Waals surface area contributed by atoms with E-state index in [0.29, 0.717) is 11.5 Å². The summed E-state index contributed by atoms with van der Waals surface area (Å²) in [5.41, 5.74) is 3.78. The number of nitrogens with zero attached hydrogens (tertiary/aromatic N) is 1. The van der Waals surface area contributed by atoms with Crippen molar-refractivity contribution in [1.82, 2.24) is 4.98 Å². The Hall–Kier alpha value is -1.70. The Morgan fingerprint density at radius 1 is 0.929 bits per heavy atom. The maximum atomic E-state index is 14.6. The highest BCUT2D eigenvalue weighted by Gasteiger charge is 2.22. The van der Waals surface area contributed by atoms with Crippen LogP contribution in [-0.4, -0.2) is 4.98 Å². The molecule has 0 N–H and O–H groups in total. The van der Waals surface area contributed by atoms with Gasteiger partial charge in [0.1, 0.15) is 5.82 Å². The van der Waals surface area contributed by atoms with Crippen molar-refractivity contribution < 1.29 is 4.39 Å². The molecule has 3 rings (SSSR count). The number of halogens is 1. The van der Waals surface area contributed by atoms with E-state index in [1.165, 1.54) is 63.4 Å². The lowest BCUT2D eigenvalue weighted by Crippen LogP contribution is -2.13. The number of hydrogen-bond donors (Lipinski definition) is 0. The molecule has 1 nitrogen and oxygen atoms in total. The molecule has 2 heteroatoms. The van der Waals surface area contributed by atoms with Gasteiger partial charge in [0.2, 0.25) is 0 Å². The third-order valence-corrected chi connectivity index (χ3v) is 6.45. The normalized spacial score (nSPS) is 19.7. The summed E-state index contributed by atoms with van der Waals surface area (Å²) in [4.78, 5) is 4.62. The highest BCUT2D eigenvalue weighted by Crippen LogP contribution is 2.37. The molecule has 1 aromatic carbocycles. The average molecular weight is 382 g/mol. The quantitative estimate of drug-likeness (QED) is 0.400. The van der Waals surface area contributed by atoms with Crippen molar-refractivity contribution in [1.29, 1.82) is 0 Å². The van der Waals surface area contributed by atoms with Crippen LogP contribution >= 0.6 is 0 Å². The lowest BCUT2D eigenvalue weighted by Gasteiger charge is -2.28. The van der Waals surface area contributed by atoms with Gasteiger partial charge in [0.15, 0.2) is 0 Å². The zero-order valence-corrected chi connectivity index (χ0v) is 17.7. The number of aromatic nitrogens is 1. The zero-order chi connectivity index (χ0) is 19.8. The van der Waals surface area contributed by atoms with Gasteiger partial charge in [-0.2, -0.15) is 0 Å². The molecular weight excluding hydrogens is 345 g/mol. The first-order valence-electron chi connectivity index (χ1n) is 11.5. The van der Waals surface area contributed by atoms with Gasteiger partial charge in [-0.25, -0.2) is 4.39 Å². The van der Waals surface area contributed by atoms with E-state index in [1.54, 1.807) is 6.07 Å². The van der Waals surface area contributed by atoms with Crippen molar-refractivity contribution in [3.8, 4) is 11.3 Å². The summed E-state index contributed by atoms with van der Waals surface area (Å²) < 4.78 is 14.6. The molecule has 0 atom stereocenters. The van der Waals surface area contributed by atoms with Crippen LogP contribution in [0.3, 0.4) is 0 Å². The van der Waals surface area contributed by atoms with Crippen LogP contribution in [0.4, 0.5) is 4.39 Å². The Kier molecular flexibility index (Phi) is 8.06. The summed E-state index contributed by atoms with van der Waals surface area (Å²) in [5.74, 6) is 1.41. The SMILES string of the molecule is CCCCCc1ccc(-c2ccc([C@H]3CC[C@H](CCCC)CC3)cn2)c(F)c1. The number of unbranched alkanes of at least 4 members (excludes halogenated alkanes) is 3. The summed E-state index contributed by atoms with van der Waals surface area (Å²) in [5, 5.41) is 0. The van der Waals surface area contributed by atoms with Crippen LogP contribution in [0, 0.1) is 11.7 Å². The van der Waals surface area contributed by atoms with Crippen molar-refractivity contribution >= 4 is 0 Å². The van der Waals surface area contributed by atoms with Gasteiger partial charge < -0.3 is 0 Å². The van der Waals surface area contributed by atoms with Gasteiger partial charge in [0.05, 0.1) is 5.69 Å². The maximum Gasteiger partial charge on any atom is 0.132 e. The van der Waals surface area contributed by atoms with Gasteiger partial charge in [-0.3, -0.25) is 4.98 Å². The second-order valence-corrected chi connectivity index (χ2v) is 8.61. The maximum absolute atomic E-state index is 14.6. The van der Waals surface area contributed by atoms with Crippen molar-refractivity contribution in [2.75, 3.05) is 0 Å². The smallest absolute Gasteiger partial charge is 0.132 e. The Balaban J connectivity index is 1.60. The molecule has 0 amide bonds. The first kappa shape index (κ1) is 21.0. The van der Waals surface area contributed by atoms with Gasteiger partial charge in [-0.05, 0) is 79.7 Å². The average Bonchev–Trinajstić information content (AvgIpc) is 2.73. The highest BCUT2D eigenvalue weighted by atomic mass is 19.1. The molecule has 0 aliphatic heterocycles. The second kappa shape index (κ2) is 10.7. The summed E-state index contributed by atoms with van der Waals surface area (Å²) in [6.07, 6.45) is 15.8. The van der Waals surface area contributed by atoms with Gasteiger partial charge in [-0.1, -0.05) is 58.1 Å². The van der Waals surface area contributed by atoms with E-state index in [2.05, 4.69) is 31.0 Å². The number of hydrogen-bond acceptors (Lipinski definition) is 1. The van der Waals surface area contributed by atoms with E-state index in [0.717, 1.165) is 30.0 Å². The molecule has 1 saturated carbocycles. The Labute approximate surface area is 170 Å². The van der Waals surface area contributed by atoms with Gasteiger partial charge in [-0.15, -0.1) is 0 Å². The molecule has 0 radical (unpaired) electrons. The van der Waals surface area contributed by atoms with Crippen molar-refractivity contribution in [2.45, 2.75) is 90.4 Å². The first-order valence-corrected chi connectivity index (χ1v) is 11.5. The number of benzene rings is 1. The molecule has 152 valence electrons. The molecule has 0 saturated heterocycles. The van der Waals surface area contributed by atoms with Crippen molar-refractivity contribution in [2.24, 2.45) is 5.92 Å². The Morgan fingerprint density at radius 2 is 1.71 bits per heavy atom. The fourth-order valence-corrected chi connectivity index (χ4v) is 4.58. The Morgan fingerprint density at radius 3 is 2.36 bits per heavy atom. The zero-order valence-electron chi connectivity index (χ0n) is 17.7. The third-order valence-electron chi connectivity index (χ3n) is 6.45. The van der Waals surface area contributed by atoms with E-state index < -0.39 is 0 Å². The number of pyridine rings is 1. The minimum absolute atomic E-state index is 0.148. The lowest BCUT2D eigenvalue weighted by molar-refractivity contribution is 0.304. The molecule has 28 heavy (non-hydrogen) atoms. The Bertz CT molecular complexity index is 714. The highest BCUT2D eigenvalue weighted by molar-refractivity contribution is 5.60. The number of aryl methyl sites for hydroxylation is 1. The molecule has 1 aliphatic rings. The molecule has 1 aliphatic carbocycles. The van der Waals surface area contributed by atoms with Crippen molar-refractivity contribution in [3.05, 3.63) is 53.5 Å². The van der Waals surface area contributed by atoms with Crippen LogP contribution in [-0.2, 0) is 6.42 Å². The van der Waals surface area contributed by atoms with Crippen LogP contribution in [0.5, 0.6) is 0 Å². The van der Waals surface area contributed by atoms with E-state index in [4.69, 9.17) is 0 Å². The summed E-state index contributed by atoms with van der Waals surface area (Å²) in [7, 11) is 0. The van der Waals surface area contributed by atoms with Crippen molar-refractivity contribution in [3.63, 3.8) is 0 Å². The third kappa shape index (κ3) is 5.65. The fourth-order valence-electron chi connectivity index (χ4n) is 4.58. The van der Waals surface area contributed by atoms with Crippen LogP contribution in [0.15, 0.2) is 36.5 Å². The van der Waals surface area contributed by atoms with Crippen LogP contribution in [0.25, 0.3) is 11.3 Å². The van der Waals surface area contributed by atoms with Gasteiger partial charge >= 0.3 is 0 Å². The second-order valence-electron chi connectivity index (χ2n) is 8.61. The standard InChI is InChI=1S/C26H36FN/c1-3-5-7-9-21-12-16-24(25(27)18-21)26-17-15-23(19-28-26)22-13-10-20(11-14-22)8-6-4-2/h12,15-20,22H,3-11,13-14H2,1-2H3/t20-,22-. The molecule has 1 heterocycles. The topological polar surface area (TPSA) is 12.9 Å². The van der Waals surface area contributed by atoms with Gasteiger partial charge in [0, 0.05) is 11.8 Å². The summed E-state index contributed by atoms with van der Waals surface area (Å²) in [6.45, 7) is 4.47. The predicted molar refractivity (Wildman–Crippen MR) is 117 cm³/mol. The molecular formula is C26H36FN. The molecule has 1 fully saturated rings.